The Morgan fingerprint density at radius 3 is 2.68 bits per heavy atom. The number of benzene rings is 1. The van der Waals surface area contributed by atoms with Crippen molar-refractivity contribution in [2.45, 2.75) is 23.9 Å². The zero-order valence-corrected chi connectivity index (χ0v) is 11.0. The quantitative estimate of drug-likeness (QED) is 0.629. The summed E-state index contributed by atoms with van der Waals surface area (Å²) in [7, 11) is 1.38. The van der Waals surface area contributed by atoms with E-state index in [2.05, 4.69) is 0 Å². The average molecular weight is 289 g/mol. The number of hydrogen-bond acceptors (Lipinski definition) is 4. The fraction of sp³-hybridized carbons (Fsp3) is 0.462. The Morgan fingerprint density at radius 2 is 2.11 bits per heavy atom. The summed E-state index contributed by atoms with van der Waals surface area (Å²) >= 11 is 5.79. The van der Waals surface area contributed by atoms with Crippen LogP contribution < -0.4 is 0 Å². The minimum Gasteiger partial charge on any atom is -0.459 e. The Hall–Kier alpha value is -1.17. The molecule has 6 heteroatoms. The average Bonchev–Trinajstić information content (AvgIpc) is 2.73. The van der Waals surface area contributed by atoms with Crippen LogP contribution in [0.1, 0.15) is 10.4 Å². The molecule has 4 atom stereocenters. The molecule has 4 nitrogen and oxygen atoms in total. The number of hydrogen-bond donors (Lipinski definition) is 0. The zero-order valence-electron chi connectivity index (χ0n) is 10.3. The summed E-state index contributed by atoms with van der Waals surface area (Å²) in [5, 5.41) is -0.898. The van der Waals surface area contributed by atoms with Gasteiger partial charge in [0.2, 0.25) is 0 Å². The number of esters is 1. The summed E-state index contributed by atoms with van der Waals surface area (Å²) in [5.41, 5.74) is 0.404. The van der Waals surface area contributed by atoms with E-state index in [4.69, 9.17) is 25.8 Å². The molecule has 1 saturated heterocycles. The summed E-state index contributed by atoms with van der Waals surface area (Å²) in [6, 6.07) is 8.46. The topological polar surface area (TPSA) is 44.8 Å². The maximum Gasteiger partial charge on any atom is 0.338 e. The van der Waals surface area contributed by atoms with Crippen LogP contribution in [0.2, 0.25) is 0 Å². The summed E-state index contributed by atoms with van der Waals surface area (Å²) in [5.74, 6) is -0.525. The number of methoxy groups -OCH3 is 1. The van der Waals surface area contributed by atoms with Crippen LogP contribution in [0.4, 0.5) is 4.39 Å². The molecule has 0 aromatic heterocycles. The van der Waals surface area contributed by atoms with Gasteiger partial charge >= 0.3 is 5.97 Å². The number of carbonyl (C=O) groups is 1. The van der Waals surface area contributed by atoms with Gasteiger partial charge in [0.05, 0.1) is 5.56 Å². The number of alkyl halides is 2. The van der Waals surface area contributed by atoms with Crippen LogP contribution >= 0.6 is 11.6 Å². The largest absolute Gasteiger partial charge is 0.459 e. The van der Waals surface area contributed by atoms with E-state index >= 15 is 0 Å². The molecular formula is C13H14ClFO4. The highest BCUT2D eigenvalue weighted by Crippen LogP contribution is 2.29. The first-order chi connectivity index (χ1) is 9.13. The predicted molar refractivity (Wildman–Crippen MR) is 66.9 cm³/mol. The Bertz CT molecular complexity index is 428. The van der Waals surface area contributed by atoms with Gasteiger partial charge in [-0.15, -0.1) is 11.6 Å². The molecule has 1 aromatic carbocycles. The molecule has 0 N–H and O–H groups in total. The first-order valence-corrected chi connectivity index (χ1v) is 6.25. The SMILES string of the molecule is CO[C@H]1O[C@H](COC(=O)c2ccccc2)[C@@H](F)[C@H]1Cl. The van der Waals surface area contributed by atoms with Crippen molar-refractivity contribution in [3.05, 3.63) is 35.9 Å². The van der Waals surface area contributed by atoms with Crippen molar-refractivity contribution >= 4 is 17.6 Å². The first kappa shape index (κ1) is 14.2. The number of rotatable bonds is 4. The van der Waals surface area contributed by atoms with Crippen molar-refractivity contribution in [1.82, 2.24) is 0 Å². The van der Waals surface area contributed by atoms with Gasteiger partial charge in [0.1, 0.15) is 18.1 Å². The van der Waals surface area contributed by atoms with E-state index in [9.17, 15) is 9.18 Å². The fourth-order valence-corrected chi connectivity index (χ4v) is 2.13. The maximum atomic E-state index is 13.7. The molecule has 0 bridgehead atoms. The Kier molecular flexibility index (Phi) is 4.74. The second-order valence-corrected chi connectivity index (χ2v) is 4.64. The third-order valence-corrected chi connectivity index (χ3v) is 3.30. The van der Waals surface area contributed by atoms with Crippen molar-refractivity contribution in [3.63, 3.8) is 0 Å². The van der Waals surface area contributed by atoms with Gasteiger partial charge in [0, 0.05) is 7.11 Å². The predicted octanol–water partition coefficient (Wildman–Crippen LogP) is 2.16. The van der Waals surface area contributed by atoms with Crippen LogP contribution in [-0.4, -0.2) is 43.6 Å². The van der Waals surface area contributed by atoms with Gasteiger partial charge in [-0.1, -0.05) is 18.2 Å². The minimum atomic E-state index is -1.44. The molecule has 1 fully saturated rings. The van der Waals surface area contributed by atoms with Crippen molar-refractivity contribution in [2.75, 3.05) is 13.7 Å². The van der Waals surface area contributed by atoms with E-state index in [1.807, 2.05) is 0 Å². The second-order valence-electron chi connectivity index (χ2n) is 4.13. The highest BCUT2D eigenvalue weighted by atomic mass is 35.5. The molecule has 0 unspecified atom stereocenters. The molecule has 104 valence electrons. The van der Waals surface area contributed by atoms with Gasteiger partial charge in [-0.05, 0) is 12.1 Å². The van der Waals surface area contributed by atoms with Crippen LogP contribution in [0.25, 0.3) is 0 Å². The minimum absolute atomic E-state index is 0.196. The monoisotopic (exact) mass is 288 g/mol. The van der Waals surface area contributed by atoms with Crippen LogP contribution in [0.15, 0.2) is 30.3 Å². The molecule has 1 heterocycles. The molecule has 19 heavy (non-hydrogen) atoms. The summed E-state index contributed by atoms with van der Waals surface area (Å²) in [6.07, 6.45) is -3.16. The van der Waals surface area contributed by atoms with Crippen molar-refractivity contribution in [3.8, 4) is 0 Å². The Morgan fingerprint density at radius 1 is 1.42 bits per heavy atom. The highest BCUT2D eigenvalue weighted by molar-refractivity contribution is 6.21. The lowest BCUT2D eigenvalue weighted by molar-refractivity contribution is -0.125. The van der Waals surface area contributed by atoms with Crippen LogP contribution in [0.5, 0.6) is 0 Å². The van der Waals surface area contributed by atoms with Gasteiger partial charge in [-0.25, -0.2) is 9.18 Å². The maximum absolute atomic E-state index is 13.7. The molecule has 0 spiro atoms. The van der Waals surface area contributed by atoms with Gasteiger partial charge in [0.25, 0.3) is 0 Å². The standard InChI is InChI=1S/C13H14ClFO4/c1-17-13-10(14)11(15)9(19-13)7-18-12(16)8-5-3-2-4-6-8/h2-6,9-11,13H,7H2,1H3/t9-,10-,11-,13+/m1/s1. The van der Waals surface area contributed by atoms with Gasteiger partial charge in [-0.3, -0.25) is 0 Å². The van der Waals surface area contributed by atoms with Crippen LogP contribution in [-0.2, 0) is 14.2 Å². The Labute approximate surface area is 115 Å². The van der Waals surface area contributed by atoms with E-state index in [0.29, 0.717) is 5.56 Å². The number of ether oxygens (including phenoxy) is 3. The van der Waals surface area contributed by atoms with Gasteiger partial charge in [-0.2, -0.15) is 0 Å². The lowest BCUT2D eigenvalue weighted by atomic mass is 10.2. The molecule has 0 amide bonds. The smallest absolute Gasteiger partial charge is 0.338 e. The second kappa shape index (κ2) is 6.32. The van der Waals surface area contributed by atoms with E-state index in [0.717, 1.165) is 0 Å². The lowest BCUT2D eigenvalue weighted by Gasteiger charge is -2.13. The van der Waals surface area contributed by atoms with Crippen molar-refractivity contribution in [2.24, 2.45) is 0 Å². The summed E-state index contributed by atoms with van der Waals surface area (Å²) in [4.78, 5) is 11.7. The molecule has 0 aliphatic carbocycles. The van der Waals surface area contributed by atoms with E-state index in [1.54, 1.807) is 30.3 Å². The van der Waals surface area contributed by atoms with Crippen LogP contribution in [0, 0.1) is 0 Å². The highest BCUT2D eigenvalue weighted by Gasteiger charge is 2.44. The normalized spacial score (nSPS) is 30.3. The van der Waals surface area contributed by atoms with Gasteiger partial charge < -0.3 is 14.2 Å². The molecule has 1 aliphatic rings. The third-order valence-electron chi connectivity index (χ3n) is 2.85. The molecule has 2 rings (SSSR count). The molecule has 0 radical (unpaired) electrons. The molecule has 0 saturated carbocycles. The lowest BCUT2D eigenvalue weighted by Crippen LogP contribution is -2.28. The zero-order chi connectivity index (χ0) is 13.8. The van der Waals surface area contributed by atoms with E-state index in [-0.39, 0.29) is 6.61 Å². The van der Waals surface area contributed by atoms with E-state index < -0.39 is 29.9 Å². The molecule has 1 aromatic rings. The van der Waals surface area contributed by atoms with Gasteiger partial charge in [0.15, 0.2) is 12.5 Å². The summed E-state index contributed by atoms with van der Waals surface area (Å²) in [6.45, 7) is -0.196. The van der Waals surface area contributed by atoms with E-state index in [1.165, 1.54) is 7.11 Å². The summed E-state index contributed by atoms with van der Waals surface area (Å²) < 4.78 is 28.8. The molecule has 1 aliphatic heterocycles. The fourth-order valence-electron chi connectivity index (χ4n) is 1.81. The first-order valence-electron chi connectivity index (χ1n) is 5.82. The van der Waals surface area contributed by atoms with Crippen molar-refractivity contribution in [1.29, 1.82) is 0 Å². The molecular weight excluding hydrogens is 275 g/mol. The number of halogens is 2. The van der Waals surface area contributed by atoms with Crippen molar-refractivity contribution < 1.29 is 23.4 Å². The van der Waals surface area contributed by atoms with Crippen LogP contribution in [0.3, 0.4) is 0 Å². The Balaban J connectivity index is 1.88. The number of carbonyl (C=O) groups excluding carboxylic acids is 1. The third kappa shape index (κ3) is 3.23.